The normalized spacial score (nSPS) is 11.0. The van der Waals surface area contributed by atoms with Crippen molar-refractivity contribution in [2.75, 3.05) is 0 Å². The zero-order chi connectivity index (χ0) is 14.8. The number of aromatic nitrogens is 1. The Hall–Kier alpha value is -2.53. The van der Waals surface area contributed by atoms with Gasteiger partial charge < -0.3 is 4.57 Å². The average molecular weight is 274 g/mol. The predicted molar refractivity (Wildman–Crippen MR) is 86.3 cm³/mol. The molecule has 0 fully saturated rings. The molecule has 2 nitrogen and oxygen atoms in total. The number of hydrogen-bond acceptors (Lipinski definition) is 1. The molecule has 0 bridgehead atoms. The molecule has 0 radical (unpaired) electrons. The van der Waals surface area contributed by atoms with Crippen molar-refractivity contribution in [3.8, 4) is 6.07 Å². The molecule has 1 heterocycles. The first-order chi connectivity index (χ1) is 10.2. The molecule has 2 heteroatoms. The maximum absolute atomic E-state index is 8.95. The minimum Gasteiger partial charge on any atom is -0.343 e. The van der Waals surface area contributed by atoms with E-state index in [2.05, 4.69) is 61.0 Å². The van der Waals surface area contributed by atoms with E-state index in [0.29, 0.717) is 11.5 Å². The summed E-state index contributed by atoms with van der Waals surface area (Å²) in [4.78, 5) is 0. The van der Waals surface area contributed by atoms with Crippen LogP contribution in [0, 0.1) is 11.3 Å². The van der Waals surface area contributed by atoms with Crippen LogP contribution in [0.1, 0.15) is 36.5 Å². The molecule has 0 aliphatic carbocycles. The summed E-state index contributed by atoms with van der Waals surface area (Å²) in [6.07, 6.45) is 2.09. The molecule has 0 saturated carbocycles. The summed E-state index contributed by atoms with van der Waals surface area (Å²) in [6, 6.07) is 18.9. The van der Waals surface area contributed by atoms with Gasteiger partial charge in [0.05, 0.1) is 11.6 Å². The van der Waals surface area contributed by atoms with Crippen LogP contribution in [0.5, 0.6) is 0 Å². The fraction of sp³-hybridized carbons (Fsp3) is 0.211. The highest BCUT2D eigenvalue weighted by atomic mass is 14.9. The number of fused-ring (bicyclic) bond motifs is 1. The maximum Gasteiger partial charge on any atom is 0.0991 e. The van der Waals surface area contributed by atoms with Crippen molar-refractivity contribution in [2.24, 2.45) is 0 Å². The highest BCUT2D eigenvalue weighted by Crippen LogP contribution is 2.20. The van der Waals surface area contributed by atoms with Crippen LogP contribution in [-0.4, -0.2) is 4.57 Å². The molecule has 3 rings (SSSR count). The van der Waals surface area contributed by atoms with E-state index >= 15 is 0 Å². The topological polar surface area (TPSA) is 28.7 Å². The van der Waals surface area contributed by atoms with Crippen molar-refractivity contribution < 1.29 is 0 Å². The summed E-state index contributed by atoms with van der Waals surface area (Å²) in [5, 5.41) is 10.1. The maximum atomic E-state index is 8.95. The lowest BCUT2D eigenvalue weighted by atomic mass is 10.0. The van der Waals surface area contributed by atoms with E-state index in [-0.39, 0.29) is 0 Å². The summed E-state index contributed by atoms with van der Waals surface area (Å²) in [5.41, 5.74) is 4.54. The first-order valence-electron chi connectivity index (χ1n) is 7.25. The van der Waals surface area contributed by atoms with Gasteiger partial charge in [-0.25, -0.2) is 0 Å². The fourth-order valence-corrected chi connectivity index (χ4v) is 2.61. The molecule has 0 amide bonds. The lowest BCUT2D eigenvalue weighted by molar-refractivity contribution is 0.829. The van der Waals surface area contributed by atoms with Crippen molar-refractivity contribution in [1.82, 2.24) is 4.57 Å². The van der Waals surface area contributed by atoms with E-state index < -0.39 is 0 Å². The molecule has 0 N–H and O–H groups in total. The lowest BCUT2D eigenvalue weighted by Crippen LogP contribution is -1.98. The number of benzene rings is 2. The summed E-state index contributed by atoms with van der Waals surface area (Å²) >= 11 is 0. The first kappa shape index (κ1) is 13.5. The van der Waals surface area contributed by atoms with Gasteiger partial charge in [0.15, 0.2) is 0 Å². The molecule has 0 aliphatic heterocycles. The van der Waals surface area contributed by atoms with Gasteiger partial charge in [0.2, 0.25) is 0 Å². The Morgan fingerprint density at radius 1 is 1.05 bits per heavy atom. The predicted octanol–water partition coefficient (Wildman–Crippen LogP) is 4.68. The second-order valence-corrected chi connectivity index (χ2v) is 5.73. The highest BCUT2D eigenvalue weighted by molar-refractivity contribution is 5.81. The molecule has 0 unspecified atom stereocenters. The standard InChI is InChI=1S/C19H18N2/c1-14(2)17-6-3-15(4-7-17)13-21-10-9-18-11-16(12-20)5-8-19(18)21/h3-11,14H,13H2,1-2H3. The summed E-state index contributed by atoms with van der Waals surface area (Å²) in [6.45, 7) is 5.27. The Morgan fingerprint density at radius 3 is 2.48 bits per heavy atom. The third-order valence-corrected chi connectivity index (χ3v) is 3.90. The minimum atomic E-state index is 0.566. The number of rotatable bonds is 3. The summed E-state index contributed by atoms with van der Waals surface area (Å²) < 4.78 is 2.22. The number of nitriles is 1. The number of hydrogen-bond donors (Lipinski definition) is 0. The second kappa shape index (κ2) is 5.46. The molecule has 1 aromatic heterocycles. The lowest BCUT2D eigenvalue weighted by Gasteiger charge is -2.09. The molecular weight excluding hydrogens is 256 g/mol. The van der Waals surface area contributed by atoms with E-state index in [1.165, 1.54) is 16.6 Å². The van der Waals surface area contributed by atoms with E-state index in [4.69, 9.17) is 5.26 Å². The van der Waals surface area contributed by atoms with Crippen molar-refractivity contribution in [2.45, 2.75) is 26.3 Å². The molecule has 0 atom stereocenters. The van der Waals surface area contributed by atoms with Crippen LogP contribution in [0.15, 0.2) is 54.7 Å². The molecule has 2 aromatic carbocycles. The average Bonchev–Trinajstić information content (AvgIpc) is 2.90. The molecule has 0 aliphatic rings. The summed E-state index contributed by atoms with van der Waals surface area (Å²) in [7, 11) is 0. The Balaban J connectivity index is 1.89. The van der Waals surface area contributed by atoms with Gasteiger partial charge >= 0.3 is 0 Å². The van der Waals surface area contributed by atoms with E-state index in [9.17, 15) is 0 Å². The second-order valence-electron chi connectivity index (χ2n) is 5.73. The van der Waals surface area contributed by atoms with Crippen LogP contribution in [0.3, 0.4) is 0 Å². The fourth-order valence-electron chi connectivity index (χ4n) is 2.61. The van der Waals surface area contributed by atoms with Gasteiger partial charge in [0.1, 0.15) is 0 Å². The van der Waals surface area contributed by atoms with Crippen LogP contribution < -0.4 is 0 Å². The van der Waals surface area contributed by atoms with Gasteiger partial charge in [-0.2, -0.15) is 5.26 Å². The van der Waals surface area contributed by atoms with Gasteiger partial charge in [-0.3, -0.25) is 0 Å². The van der Waals surface area contributed by atoms with Crippen molar-refractivity contribution >= 4 is 10.9 Å². The van der Waals surface area contributed by atoms with Gasteiger partial charge in [0, 0.05) is 23.6 Å². The van der Waals surface area contributed by atoms with Gasteiger partial charge in [0.25, 0.3) is 0 Å². The van der Waals surface area contributed by atoms with Gasteiger partial charge in [-0.05, 0) is 41.3 Å². The van der Waals surface area contributed by atoms with Crippen molar-refractivity contribution in [3.63, 3.8) is 0 Å². The van der Waals surface area contributed by atoms with Gasteiger partial charge in [-0.1, -0.05) is 38.1 Å². The van der Waals surface area contributed by atoms with Gasteiger partial charge in [-0.15, -0.1) is 0 Å². The molecular formula is C19H18N2. The SMILES string of the molecule is CC(C)c1ccc(Cn2ccc3cc(C#N)ccc32)cc1. The minimum absolute atomic E-state index is 0.566. The van der Waals surface area contributed by atoms with Crippen LogP contribution in [-0.2, 0) is 6.54 Å². The van der Waals surface area contributed by atoms with Crippen molar-refractivity contribution in [3.05, 3.63) is 71.4 Å². The number of nitrogens with zero attached hydrogens (tertiary/aromatic N) is 2. The monoisotopic (exact) mass is 274 g/mol. The van der Waals surface area contributed by atoms with E-state index in [1.807, 2.05) is 18.2 Å². The zero-order valence-electron chi connectivity index (χ0n) is 12.4. The molecule has 0 saturated heterocycles. The third-order valence-electron chi connectivity index (χ3n) is 3.90. The molecule has 0 spiro atoms. The smallest absolute Gasteiger partial charge is 0.0991 e. The van der Waals surface area contributed by atoms with Crippen molar-refractivity contribution in [1.29, 1.82) is 5.26 Å². The zero-order valence-corrected chi connectivity index (χ0v) is 12.4. The van der Waals surface area contributed by atoms with E-state index in [1.54, 1.807) is 0 Å². The highest BCUT2D eigenvalue weighted by Gasteiger charge is 2.04. The Morgan fingerprint density at radius 2 is 1.81 bits per heavy atom. The Labute approximate surface area is 125 Å². The Kier molecular flexibility index (Phi) is 3.50. The molecule has 3 aromatic rings. The van der Waals surface area contributed by atoms with Crippen LogP contribution in [0.25, 0.3) is 10.9 Å². The largest absolute Gasteiger partial charge is 0.343 e. The van der Waals surface area contributed by atoms with Crippen LogP contribution in [0.4, 0.5) is 0 Å². The van der Waals surface area contributed by atoms with Crippen LogP contribution in [0.2, 0.25) is 0 Å². The Bertz CT molecular complexity index is 802. The molecule has 21 heavy (non-hydrogen) atoms. The third kappa shape index (κ3) is 2.68. The van der Waals surface area contributed by atoms with Crippen LogP contribution >= 0.6 is 0 Å². The quantitative estimate of drug-likeness (QED) is 0.681. The summed E-state index contributed by atoms with van der Waals surface area (Å²) in [5.74, 6) is 0.566. The van der Waals surface area contributed by atoms with E-state index in [0.717, 1.165) is 11.9 Å². The first-order valence-corrected chi connectivity index (χ1v) is 7.25. The molecule has 104 valence electrons.